The lowest BCUT2D eigenvalue weighted by Crippen LogP contribution is -2.45. The summed E-state index contributed by atoms with van der Waals surface area (Å²) < 4.78 is 36.9. The Balaban J connectivity index is 1.19. The van der Waals surface area contributed by atoms with Crippen LogP contribution in [0.1, 0.15) is 58.7 Å². The van der Waals surface area contributed by atoms with E-state index in [4.69, 9.17) is 42.1 Å². The summed E-state index contributed by atoms with van der Waals surface area (Å²) in [6.45, 7) is 2.89. The van der Waals surface area contributed by atoms with E-state index in [0.717, 1.165) is 52.0 Å². The Kier molecular flexibility index (Phi) is 10.5. The van der Waals surface area contributed by atoms with E-state index in [0.29, 0.717) is 41.9 Å². The summed E-state index contributed by atoms with van der Waals surface area (Å²) in [4.78, 5) is 26.4. The number of halogens is 3. The minimum absolute atomic E-state index is 0.0240. The molecule has 0 bridgehead atoms. The van der Waals surface area contributed by atoms with E-state index in [2.05, 4.69) is 29.2 Å². The topological polar surface area (TPSA) is 74.3 Å². The number of rotatable bonds is 9. The SMILES string of the molecule is COC(=O)[C@@H]1Cc2cc3c(cc2CN1Cc1cccc(F)c1)CC(c1ccc(OC(COC(C)=O)c2ccc(Cl)c(Cl)c2)cc1)CCO3. The van der Waals surface area contributed by atoms with Gasteiger partial charge in [0.1, 0.15) is 30.0 Å². The fourth-order valence-electron chi connectivity index (χ4n) is 6.47. The third kappa shape index (κ3) is 7.95. The van der Waals surface area contributed by atoms with E-state index in [1.165, 1.54) is 26.2 Å². The first-order chi connectivity index (χ1) is 23.2. The minimum atomic E-state index is -0.571. The van der Waals surface area contributed by atoms with Crippen molar-refractivity contribution in [3.05, 3.63) is 128 Å². The normalized spacial score (nSPS) is 18.0. The van der Waals surface area contributed by atoms with E-state index in [9.17, 15) is 14.0 Å². The van der Waals surface area contributed by atoms with Gasteiger partial charge in [-0.3, -0.25) is 14.5 Å². The number of benzene rings is 4. The number of carbonyl (C=O) groups is 2. The first kappa shape index (κ1) is 33.8. The average molecular weight is 693 g/mol. The molecule has 0 amide bonds. The molecule has 2 aliphatic heterocycles. The predicted molar refractivity (Wildman–Crippen MR) is 181 cm³/mol. The Morgan fingerprint density at radius 2 is 1.77 bits per heavy atom. The van der Waals surface area contributed by atoms with Crippen molar-refractivity contribution in [1.29, 1.82) is 0 Å². The fraction of sp³-hybridized carbons (Fsp3) is 0.316. The van der Waals surface area contributed by atoms with Gasteiger partial charge in [-0.1, -0.05) is 59.6 Å². The van der Waals surface area contributed by atoms with Gasteiger partial charge >= 0.3 is 11.9 Å². The van der Waals surface area contributed by atoms with E-state index in [-0.39, 0.29) is 24.3 Å². The van der Waals surface area contributed by atoms with Crippen LogP contribution in [0.4, 0.5) is 4.39 Å². The van der Waals surface area contributed by atoms with Gasteiger partial charge in [0.15, 0.2) is 6.10 Å². The standard InChI is InChI=1S/C38H36Cl2FNO6/c1-23(43)47-22-37(27-8-11-33(39)34(40)17-27)48-32-9-6-25(7-10-32)26-12-13-46-36-19-28-18-35(38(44)45-2)42(21-30(28)16-29(36)15-26)20-24-4-3-5-31(41)14-24/h3-11,14,16-17,19,26,35,37H,12-13,15,18,20-22H2,1-2H3/t26?,35-,37?/m0/s1. The van der Waals surface area contributed by atoms with Crippen molar-refractivity contribution >= 4 is 35.1 Å². The van der Waals surface area contributed by atoms with Crippen LogP contribution >= 0.6 is 23.2 Å². The van der Waals surface area contributed by atoms with Gasteiger partial charge in [-0.25, -0.2) is 4.39 Å². The van der Waals surface area contributed by atoms with Crippen LogP contribution in [0.25, 0.3) is 0 Å². The van der Waals surface area contributed by atoms with Crippen LogP contribution in [-0.4, -0.2) is 43.2 Å². The maximum Gasteiger partial charge on any atom is 0.323 e. The summed E-state index contributed by atoms with van der Waals surface area (Å²) >= 11 is 12.4. The smallest absolute Gasteiger partial charge is 0.323 e. The Hall–Kier alpha value is -4.11. The third-order valence-corrected chi connectivity index (χ3v) is 9.67. The molecule has 48 heavy (non-hydrogen) atoms. The number of hydrogen-bond acceptors (Lipinski definition) is 7. The van der Waals surface area contributed by atoms with Crippen LogP contribution in [0.2, 0.25) is 10.0 Å². The molecule has 0 saturated heterocycles. The van der Waals surface area contributed by atoms with Gasteiger partial charge < -0.3 is 18.9 Å². The van der Waals surface area contributed by atoms with Crippen molar-refractivity contribution in [2.45, 2.75) is 57.3 Å². The van der Waals surface area contributed by atoms with E-state index >= 15 is 0 Å². The number of carbonyl (C=O) groups excluding carboxylic acids is 2. The molecular formula is C38H36Cl2FNO6. The number of methoxy groups -OCH3 is 1. The molecule has 0 radical (unpaired) electrons. The highest BCUT2D eigenvalue weighted by Gasteiger charge is 2.34. The van der Waals surface area contributed by atoms with Crippen molar-refractivity contribution in [3.8, 4) is 11.5 Å². The van der Waals surface area contributed by atoms with E-state index in [1.54, 1.807) is 24.3 Å². The fourth-order valence-corrected chi connectivity index (χ4v) is 6.78. The Morgan fingerprint density at radius 1 is 0.958 bits per heavy atom. The summed E-state index contributed by atoms with van der Waals surface area (Å²) in [6.07, 6.45) is 1.53. The quantitative estimate of drug-likeness (QED) is 0.165. The van der Waals surface area contributed by atoms with Gasteiger partial charge in [0.25, 0.3) is 0 Å². The maximum absolute atomic E-state index is 14.0. The van der Waals surface area contributed by atoms with Gasteiger partial charge in [0, 0.05) is 20.0 Å². The molecule has 0 saturated carbocycles. The van der Waals surface area contributed by atoms with Crippen LogP contribution in [0.3, 0.4) is 0 Å². The number of fused-ring (bicyclic) bond motifs is 2. The molecule has 6 rings (SSSR count). The monoisotopic (exact) mass is 691 g/mol. The molecule has 4 aromatic carbocycles. The van der Waals surface area contributed by atoms with Crippen molar-refractivity contribution in [3.63, 3.8) is 0 Å². The molecule has 10 heteroatoms. The summed E-state index contributed by atoms with van der Waals surface area (Å²) in [6, 6.07) is 23.4. The maximum atomic E-state index is 14.0. The zero-order chi connectivity index (χ0) is 33.8. The highest BCUT2D eigenvalue weighted by molar-refractivity contribution is 6.42. The van der Waals surface area contributed by atoms with E-state index < -0.39 is 18.1 Å². The predicted octanol–water partition coefficient (Wildman–Crippen LogP) is 8.02. The largest absolute Gasteiger partial charge is 0.493 e. The number of esters is 2. The Morgan fingerprint density at radius 3 is 2.50 bits per heavy atom. The first-order valence-corrected chi connectivity index (χ1v) is 16.6. The second kappa shape index (κ2) is 15.0. The average Bonchev–Trinajstić information content (AvgIpc) is 3.28. The molecule has 7 nitrogen and oxygen atoms in total. The minimum Gasteiger partial charge on any atom is -0.493 e. The lowest BCUT2D eigenvalue weighted by Gasteiger charge is -2.35. The van der Waals surface area contributed by atoms with Gasteiger partial charge in [-0.05, 0) is 101 Å². The number of hydrogen-bond donors (Lipinski definition) is 0. The lowest BCUT2D eigenvalue weighted by molar-refractivity contribution is -0.148. The molecule has 250 valence electrons. The second-order valence-electron chi connectivity index (χ2n) is 12.2. The van der Waals surface area contributed by atoms with Crippen LogP contribution in [0.15, 0.2) is 78.9 Å². The first-order valence-electron chi connectivity index (χ1n) is 15.9. The summed E-state index contributed by atoms with van der Waals surface area (Å²) in [5, 5.41) is 0.817. The number of ether oxygens (including phenoxy) is 4. The molecule has 2 aliphatic rings. The van der Waals surface area contributed by atoms with Crippen LogP contribution in [0, 0.1) is 5.82 Å². The van der Waals surface area contributed by atoms with Gasteiger partial charge in [-0.2, -0.15) is 0 Å². The summed E-state index contributed by atoms with van der Waals surface area (Å²) in [5.74, 6) is 0.656. The molecule has 0 N–H and O–H groups in total. The van der Waals surface area contributed by atoms with Gasteiger partial charge in [-0.15, -0.1) is 0 Å². The van der Waals surface area contributed by atoms with Crippen molar-refractivity contribution in [2.75, 3.05) is 20.3 Å². The summed E-state index contributed by atoms with van der Waals surface area (Å²) in [5.41, 5.74) is 5.99. The third-order valence-electron chi connectivity index (χ3n) is 8.93. The molecular weight excluding hydrogens is 656 g/mol. The highest BCUT2D eigenvalue weighted by Crippen LogP contribution is 2.38. The van der Waals surface area contributed by atoms with E-state index in [1.807, 2.05) is 18.2 Å². The van der Waals surface area contributed by atoms with Gasteiger partial charge in [0.05, 0.1) is 23.8 Å². The zero-order valence-corrected chi connectivity index (χ0v) is 28.2. The molecule has 0 aliphatic carbocycles. The Bertz CT molecular complexity index is 1800. The van der Waals surface area contributed by atoms with Crippen molar-refractivity contribution < 1.29 is 32.9 Å². The second-order valence-corrected chi connectivity index (χ2v) is 13.0. The van der Waals surface area contributed by atoms with Crippen LogP contribution in [0.5, 0.6) is 11.5 Å². The molecule has 2 unspecified atom stereocenters. The van der Waals surface area contributed by atoms with Crippen molar-refractivity contribution in [1.82, 2.24) is 4.90 Å². The van der Waals surface area contributed by atoms with Crippen LogP contribution in [-0.2, 0) is 45.0 Å². The molecule has 3 atom stereocenters. The molecule has 0 spiro atoms. The van der Waals surface area contributed by atoms with Crippen molar-refractivity contribution in [2.24, 2.45) is 0 Å². The van der Waals surface area contributed by atoms with Gasteiger partial charge in [0.2, 0.25) is 0 Å². The lowest BCUT2D eigenvalue weighted by atomic mass is 9.86. The zero-order valence-electron chi connectivity index (χ0n) is 26.7. The molecule has 2 heterocycles. The highest BCUT2D eigenvalue weighted by atomic mass is 35.5. The molecule has 4 aromatic rings. The summed E-state index contributed by atoms with van der Waals surface area (Å²) in [7, 11) is 1.40. The number of nitrogens with zero attached hydrogens (tertiary/aromatic N) is 1. The molecule has 0 fully saturated rings. The van der Waals surface area contributed by atoms with Crippen LogP contribution < -0.4 is 9.47 Å². The molecule has 0 aromatic heterocycles. The Labute approximate surface area is 289 Å².